The highest BCUT2D eigenvalue weighted by atomic mass is 16.4. The van der Waals surface area contributed by atoms with Crippen molar-refractivity contribution in [1.29, 1.82) is 0 Å². The SMILES string of the molecule is Cc1ccc(B(OCCN)c2ccccc2)cc1. The quantitative estimate of drug-likeness (QED) is 0.792. The zero-order valence-electron chi connectivity index (χ0n) is 10.7. The predicted octanol–water partition coefficient (Wildman–Crippen LogP) is 1.08. The van der Waals surface area contributed by atoms with Gasteiger partial charge in [-0.05, 0) is 17.8 Å². The Morgan fingerprint density at radius 1 is 0.944 bits per heavy atom. The summed E-state index contributed by atoms with van der Waals surface area (Å²) >= 11 is 0. The van der Waals surface area contributed by atoms with Crippen LogP contribution in [-0.4, -0.2) is 20.1 Å². The third kappa shape index (κ3) is 3.22. The number of hydrogen-bond donors (Lipinski definition) is 1. The van der Waals surface area contributed by atoms with Crippen molar-refractivity contribution in [3.63, 3.8) is 0 Å². The summed E-state index contributed by atoms with van der Waals surface area (Å²) in [6.07, 6.45) is 0. The summed E-state index contributed by atoms with van der Waals surface area (Å²) in [4.78, 5) is 0. The highest BCUT2D eigenvalue weighted by Gasteiger charge is 2.20. The van der Waals surface area contributed by atoms with Crippen LogP contribution in [0.1, 0.15) is 5.56 Å². The maximum atomic E-state index is 5.88. The molecule has 0 aliphatic heterocycles. The molecule has 0 saturated carbocycles. The first kappa shape index (κ1) is 12.9. The highest BCUT2D eigenvalue weighted by Crippen LogP contribution is 1.98. The molecule has 0 amide bonds. The molecule has 2 nitrogen and oxygen atoms in total. The molecule has 0 saturated heterocycles. The molecule has 18 heavy (non-hydrogen) atoms. The Morgan fingerprint density at radius 2 is 1.56 bits per heavy atom. The van der Waals surface area contributed by atoms with E-state index in [-0.39, 0.29) is 6.92 Å². The van der Waals surface area contributed by atoms with Gasteiger partial charge in [0, 0.05) is 13.2 Å². The number of aryl methyl sites for hydroxylation is 1. The fourth-order valence-electron chi connectivity index (χ4n) is 1.94. The molecule has 0 fully saturated rings. The Hall–Kier alpha value is -1.58. The van der Waals surface area contributed by atoms with Gasteiger partial charge in [0.25, 0.3) is 0 Å². The molecule has 2 rings (SSSR count). The first-order chi connectivity index (χ1) is 8.81. The fourth-order valence-corrected chi connectivity index (χ4v) is 1.94. The van der Waals surface area contributed by atoms with Crippen molar-refractivity contribution >= 4 is 17.8 Å². The zero-order valence-corrected chi connectivity index (χ0v) is 10.7. The van der Waals surface area contributed by atoms with Gasteiger partial charge in [0.15, 0.2) is 0 Å². The molecule has 0 aliphatic carbocycles. The van der Waals surface area contributed by atoms with E-state index in [2.05, 4.69) is 43.3 Å². The average Bonchev–Trinajstić information content (AvgIpc) is 2.42. The second-order valence-electron chi connectivity index (χ2n) is 4.36. The minimum absolute atomic E-state index is 0.0321. The Labute approximate surface area is 109 Å². The maximum absolute atomic E-state index is 5.88. The van der Waals surface area contributed by atoms with Crippen molar-refractivity contribution in [3.05, 3.63) is 60.2 Å². The van der Waals surface area contributed by atoms with Gasteiger partial charge in [0.1, 0.15) is 0 Å². The van der Waals surface area contributed by atoms with Crippen molar-refractivity contribution in [2.45, 2.75) is 6.92 Å². The van der Waals surface area contributed by atoms with Crippen molar-refractivity contribution in [1.82, 2.24) is 0 Å². The molecule has 0 aromatic heterocycles. The van der Waals surface area contributed by atoms with E-state index in [4.69, 9.17) is 10.4 Å². The largest absolute Gasteiger partial charge is 0.426 e. The molecule has 0 unspecified atom stereocenters. The van der Waals surface area contributed by atoms with Crippen LogP contribution in [0.2, 0.25) is 0 Å². The number of benzene rings is 2. The second kappa shape index (κ2) is 6.38. The smallest absolute Gasteiger partial charge is 0.361 e. The molecule has 0 heterocycles. The zero-order chi connectivity index (χ0) is 12.8. The van der Waals surface area contributed by atoms with Crippen molar-refractivity contribution < 1.29 is 4.65 Å². The Bertz CT molecular complexity index is 470. The first-order valence-corrected chi connectivity index (χ1v) is 6.24. The summed E-state index contributed by atoms with van der Waals surface area (Å²) in [5, 5.41) is 0. The van der Waals surface area contributed by atoms with E-state index in [1.807, 2.05) is 18.2 Å². The van der Waals surface area contributed by atoms with Gasteiger partial charge in [-0.2, -0.15) is 0 Å². The molecule has 0 aliphatic rings. The summed E-state index contributed by atoms with van der Waals surface area (Å²) in [5.74, 6) is 0. The standard InChI is InChI=1S/C15H18BNO/c1-13-7-9-15(10-8-13)16(18-12-11-17)14-5-3-2-4-6-14/h2-10H,11-12,17H2,1H3. The van der Waals surface area contributed by atoms with Crippen LogP contribution in [0.3, 0.4) is 0 Å². The van der Waals surface area contributed by atoms with E-state index >= 15 is 0 Å². The van der Waals surface area contributed by atoms with Crippen molar-refractivity contribution in [3.8, 4) is 0 Å². The first-order valence-electron chi connectivity index (χ1n) is 6.24. The van der Waals surface area contributed by atoms with Crippen LogP contribution in [0.5, 0.6) is 0 Å². The van der Waals surface area contributed by atoms with Gasteiger partial charge in [0.2, 0.25) is 0 Å². The lowest BCUT2D eigenvalue weighted by Gasteiger charge is -2.15. The Balaban J connectivity index is 2.27. The van der Waals surface area contributed by atoms with Crippen LogP contribution in [0.4, 0.5) is 0 Å². The maximum Gasteiger partial charge on any atom is 0.361 e. The van der Waals surface area contributed by atoms with Crippen LogP contribution in [0.15, 0.2) is 54.6 Å². The molecule has 3 heteroatoms. The van der Waals surface area contributed by atoms with E-state index in [9.17, 15) is 0 Å². The van der Waals surface area contributed by atoms with Crippen LogP contribution in [0, 0.1) is 6.92 Å². The van der Waals surface area contributed by atoms with Crippen LogP contribution in [-0.2, 0) is 4.65 Å². The molecule has 2 N–H and O–H groups in total. The van der Waals surface area contributed by atoms with Gasteiger partial charge < -0.3 is 10.4 Å². The minimum Gasteiger partial charge on any atom is -0.426 e. The van der Waals surface area contributed by atoms with E-state index in [0.717, 1.165) is 5.46 Å². The monoisotopic (exact) mass is 239 g/mol. The number of nitrogens with two attached hydrogens (primary N) is 1. The molecule has 0 radical (unpaired) electrons. The lowest BCUT2D eigenvalue weighted by atomic mass is 9.55. The molecule has 2 aromatic carbocycles. The third-order valence-corrected chi connectivity index (χ3v) is 2.88. The summed E-state index contributed by atoms with van der Waals surface area (Å²) in [5.41, 5.74) is 9.11. The normalized spacial score (nSPS) is 10.3. The fraction of sp³-hybridized carbons (Fsp3) is 0.200. The van der Waals surface area contributed by atoms with Crippen molar-refractivity contribution in [2.75, 3.05) is 13.2 Å². The molecule has 0 spiro atoms. The lowest BCUT2D eigenvalue weighted by Crippen LogP contribution is -2.45. The molecule has 2 aromatic rings. The van der Waals surface area contributed by atoms with Gasteiger partial charge >= 0.3 is 6.92 Å². The highest BCUT2D eigenvalue weighted by molar-refractivity contribution is 6.80. The Kier molecular flexibility index (Phi) is 4.56. The topological polar surface area (TPSA) is 35.2 Å². The predicted molar refractivity (Wildman–Crippen MR) is 77.6 cm³/mol. The molecule has 92 valence electrons. The third-order valence-electron chi connectivity index (χ3n) is 2.88. The summed E-state index contributed by atoms with van der Waals surface area (Å²) in [7, 11) is 0. The van der Waals surface area contributed by atoms with Crippen LogP contribution >= 0.6 is 0 Å². The van der Waals surface area contributed by atoms with E-state index < -0.39 is 0 Å². The number of rotatable bonds is 5. The van der Waals surface area contributed by atoms with E-state index in [0.29, 0.717) is 13.2 Å². The average molecular weight is 239 g/mol. The van der Waals surface area contributed by atoms with Gasteiger partial charge in [-0.3, -0.25) is 0 Å². The second-order valence-corrected chi connectivity index (χ2v) is 4.36. The van der Waals surface area contributed by atoms with E-state index in [1.165, 1.54) is 11.0 Å². The van der Waals surface area contributed by atoms with Gasteiger partial charge in [-0.15, -0.1) is 0 Å². The summed E-state index contributed by atoms with van der Waals surface area (Å²) in [6, 6.07) is 18.7. The Morgan fingerprint density at radius 3 is 2.17 bits per heavy atom. The van der Waals surface area contributed by atoms with Crippen LogP contribution < -0.4 is 16.7 Å². The van der Waals surface area contributed by atoms with Gasteiger partial charge in [-0.1, -0.05) is 60.2 Å². The lowest BCUT2D eigenvalue weighted by molar-refractivity contribution is 0.344. The van der Waals surface area contributed by atoms with Crippen molar-refractivity contribution in [2.24, 2.45) is 5.73 Å². The summed E-state index contributed by atoms with van der Waals surface area (Å²) < 4.78 is 5.88. The molecule has 0 atom stereocenters. The molecular formula is C15H18BNO. The molecule has 0 bridgehead atoms. The van der Waals surface area contributed by atoms with Gasteiger partial charge in [0.05, 0.1) is 0 Å². The number of hydrogen-bond acceptors (Lipinski definition) is 2. The minimum atomic E-state index is -0.0321. The van der Waals surface area contributed by atoms with Crippen LogP contribution in [0.25, 0.3) is 0 Å². The molecular weight excluding hydrogens is 221 g/mol. The summed E-state index contributed by atoms with van der Waals surface area (Å²) in [6.45, 7) is 3.15. The van der Waals surface area contributed by atoms with E-state index in [1.54, 1.807) is 0 Å². The van der Waals surface area contributed by atoms with Gasteiger partial charge in [-0.25, -0.2) is 0 Å².